The van der Waals surface area contributed by atoms with Gasteiger partial charge in [0.05, 0.1) is 0 Å². The zero-order valence-corrected chi connectivity index (χ0v) is 11.4. The number of carboxylic acid groups (broad SMARTS) is 1. The van der Waals surface area contributed by atoms with E-state index in [9.17, 15) is 4.79 Å². The zero-order chi connectivity index (χ0) is 14.4. The van der Waals surface area contributed by atoms with Crippen LogP contribution in [0, 0.1) is 17.2 Å². The molecule has 100 valence electrons. The molecule has 1 aromatic carbocycles. The summed E-state index contributed by atoms with van der Waals surface area (Å²) in [7, 11) is 2.02. The Morgan fingerprint density at radius 2 is 2.00 bits per heavy atom. The highest BCUT2D eigenvalue weighted by atomic mass is 16.4. The molecule has 0 aliphatic rings. The molecule has 0 unspecified atom stereocenters. The standard InChI is InChI=1S/C15H18N2O2/c1-11(2)10-17(3)14-6-4-12(5-7-14)8-13(9-16)15(18)19/h4-8,11H,10H2,1-3H3,(H,18,19). The molecule has 1 N–H and O–H groups in total. The van der Waals surface area contributed by atoms with Gasteiger partial charge in [-0.15, -0.1) is 0 Å². The van der Waals surface area contributed by atoms with Gasteiger partial charge < -0.3 is 10.0 Å². The van der Waals surface area contributed by atoms with Gasteiger partial charge in [0.25, 0.3) is 0 Å². The molecule has 0 aromatic heterocycles. The van der Waals surface area contributed by atoms with Crippen molar-refractivity contribution in [2.75, 3.05) is 18.5 Å². The quantitative estimate of drug-likeness (QED) is 0.651. The van der Waals surface area contributed by atoms with E-state index < -0.39 is 5.97 Å². The number of aliphatic carboxylic acids is 1. The first-order chi connectivity index (χ1) is 8.93. The summed E-state index contributed by atoms with van der Waals surface area (Å²) in [5.41, 5.74) is 1.52. The number of hydrogen-bond donors (Lipinski definition) is 1. The number of carboxylic acids is 1. The minimum atomic E-state index is -1.21. The van der Waals surface area contributed by atoms with Crippen molar-refractivity contribution in [3.05, 3.63) is 35.4 Å². The van der Waals surface area contributed by atoms with Crippen LogP contribution in [0.25, 0.3) is 6.08 Å². The van der Waals surface area contributed by atoms with Crippen molar-refractivity contribution < 1.29 is 9.90 Å². The van der Waals surface area contributed by atoms with Crippen molar-refractivity contribution in [1.82, 2.24) is 0 Å². The fourth-order valence-corrected chi connectivity index (χ4v) is 1.79. The Bertz CT molecular complexity index is 510. The molecule has 0 saturated heterocycles. The van der Waals surface area contributed by atoms with Crippen LogP contribution in [-0.2, 0) is 4.79 Å². The van der Waals surface area contributed by atoms with Crippen LogP contribution in [-0.4, -0.2) is 24.7 Å². The van der Waals surface area contributed by atoms with Crippen molar-refractivity contribution in [3.63, 3.8) is 0 Å². The van der Waals surface area contributed by atoms with E-state index in [1.165, 1.54) is 6.08 Å². The second-order valence-electron chi connectivity index (χ2n) is 4.84. The average Bonchev–Trinajstić information content (AvgIpc) is 2.35. The molecule has 4 nitrogen and oxygen atoms in total. The summed E-state index contributed by atoms with van der Waals surface area (Å²) in [6.45, 7) is 5.26. The molecule has 1 rings (SSSR count). The fourth-order valence-electron chi connectivity index (χ4n) is 1.79. The van der Waals surface area contributed by atoms with Crippen LogP contribution in [0.2, 0.25) is 0 Å². The molecule has 0 fully saturated rings. The summed E-state index contributed by atoms with van der Waals surface area (Å²) in [4.78, 5) is 12.9. The smallest absolute Gasteiger partial charge is 0.346 e. The van der Waals surface area contributed by atoms with Gasteiger partial charge in [-0.25, -0.2) is 4.79 Å². The molecular weight excluding hydrogens is 240 g/mol. The number of nitriles is 1. The first kappa shape index (κ1) is 14.8. The van der Waals surface area contributed by atoms with Crippen LogP contribution in [0.4, 0.5) is 5.69 Å². The molecular formula is C15H18N2O2. The Morgan fingerprint density at radius 3 is 2.42 bits per heavy atom. The molecule has 19 heavy (non-hydrogen) atoms. The Kier molecular flexibility index (Phi) is 5.13. The van der Waals surface area contributed by atoms with E-state index in [-0.39, 0.29) is 5.57 Å². The number of nitrogens with zero attached hydrogens (tertiary/aromatic N) is 2. The van der Waals surface area contributed by atoms with Crippen LogP contribution in [0.5, 0.6) is 0 Å². The van der Waals surface area contributed by atoms with Gasteiger partial charge in [0.2, 0.25) is 0 Å². The Morgan fingerprint density at radius 1 is 1.42 bits per heavy atom. The van der Waals surface area contributed by atoms with E-state index in [1.807, 2.05) is 31.3 Å². The van der Waals surface area contributed by atoms with E-state index in [0.717, 1.165) is 12.2 Å². The molecule has 0 spiro atoms. The number of carbonyl (C=O) groups is 1. The molecule has 0 heterocycles. The van der Waals surface area contributed by atoms with Gasteiger partial charge >= 0.3 is 5.97 Å². The average molecular weight is 258 g/mol. The maximum absolute atomic E-state index is 10.7. The molecule has 0 amide bonds. The third-order valence-corrected chi connectivity index (χ3v) is 2.63. The second kappa shape index (κ2) is 6.60. The molecule has 0 aliphatic heterocycles. The Labute approximate surface area is 113 Å². The number of rotatable bonds is 5. The van der Waals surface area contributed by atoms with E-state index in [1.54, 1.807) is 6.07 Å². The number of anilines is 1. The minimum Gasteiger partial charge on any atom is -0.477 e. The highest BCUT2D eigenvalue weighted by molar-refractivity contribution is 5.96. The summed E-state index contributed by atoms with van der Waals surface area (Å²) in [6, 6.07) is 9.13. The Balaban J connectivity index is 2.88. The van der Waals surface area contributed by atoms with Gasteiger partial charge in [-0.2, -0.15) is 5.26 Å². The predicted molar refractivity (Wildman–Crippen MR) is 75.8 cm³/mol. The molecule has 1 aromatic rings. The van der Waals surface area contributed by atoms with Crippen molar-refractivity contribution in [2.45, 2.75) is 13.8 Å². The monoisotopic (exact) mass is 258 g/mol. The van der Waals surface area contributed by atoms with Gasteiger partial charge in [-0.05, 0) is 29.7 Å². The normalized spacial score (nSPS) is 11.2. The SMILES string of the molecule is CC(C)CN(C)c1ccc(C=C(C#N)C(=O)O)cc1. The van der Waals surface area contributed by atoms with Gasteiger partial charge in [0, 0.05) is 19.3 Å². The van der Waals surface area contributed by atoms with Gasteiger partial charge in [0.15, 0.2) is 0 Å². The van der Waals surface area contributed by atoms with Crippen LogP contribution in [0.3, 0.4) is 0 Å². The summed E-state index contributed by atoms with van der Waals surface area (Å²) in [5.74, 6) is -0.634. The molecule has 0 bridgehead atoms. The van der Waals surface area contributed by atoms with E-state index in [4.69, 9.17) is 10.4 Å². The topological polar surface area (TPSA) is 64.3 Å². The number of benzene rings is 1. The summed E-state index contributed by atoms with van der Waals surface area (Å²) < 4.78 is 0. The van der Waals surface area contributed by atoms with Gasteiger partial charge in [-0.1, -0.05) is 26.0 Å². The summed E-state index contributed by atoms with van der Waals surface area (Å²) >= 11 is 0. The van der Waals surface area contributed by atoms with Gasteiger partial charge in [0.1, 0.15) is 11.6 Å². The van der Waals surface area contributed by atoms with Crippen molar-refractivity contribution in [2.24, 2.45) is 5.92 Å². The van der Waals surface area contributed by atoms with Crippen molar-refractivity contribution >= 4 is 17.7 Å². The molecule has 4 heteroatoms. The van der Waals surface area contributed by atoms with Gasteiger partial charge in [-0.3, -0.25) is 0 Å². The summed E-state index contributed by atoms with van der Waals surface area (Å²) in [5, 5.41) is 17.5. The lowest BCUT2D eigenvalue weighted by Crippen LogP contribution is -2.22. The summed E-state index contributed by atoms with van der Waals surface area (Å²) in [6.07, 6.45) is 1.37. The maximum Gasteiger partial charge on any atom is 0.346 e. The lowest BCUT2D eigenvalue weighted by molar-refractivity contribution is -0.132. The van der Waals surface area contributed by atoms with Crippen molar-refractivity contribution in [1.29, 1.82) is 5.26 Å². The maximum atomic E-state index is 10.7. The first-order valence-corrected chi connectivity index (χ1v) is 6.10. The van der Waals surface area contributed by atoms with Crippen LogP contribution >= 0.6 is 0 Å². The molecule has 0 atom stereocenters. The highest BCUT2D eigenvalue weighted by Crippen LogP contribution is 2.16. The molecule has 0 saturated carbocycles. The third kappa shape index (κ3) is 4.47. The van der Waals surface area contributed by atoms with E-state index in [2.05, 4.69) is 18.7 Å². The number of hydrogen-bond acceptors (Lipinski definition) is 3. The van der Waals surface area contributed by atoms with Crippen LogP contribution in [0.1, 0.15) is 19.4 Å². The molecule has 0 aliphatic carbocycles. The van der Waals surface area contributed by atoms with E-state index >= 15 is 0 Å². The zero-order valence-electron chi connectivity index (χ0n) is 11.4. The lowest BCUT2D eigenvalue weighted by atomic mass is 10.1. The Hall–Kier alpha value is -2.28. The highest BCUT2D eigenvalue weighted by Gasteiger charge is 2.06. The van der Waals surface area contributed by atoms with Crippen LogP contribution in [0.15, 0.2) is 29.8 Å². The fraction of sp³-hybridized carbons (Fsp3) is 0.333. The molecule has 0 radical (unpaired) electrons. The lowest BCUT2D eigenvalue weighted by Gasteiger charge is -2.21. The predicted octanol–water partition coefficient (Wildman–Crippen LogP) is 2.77. The minimum absolute atomic E-state index is 0.261. The largest absolute Gasteiger partial charge is 0.477 e. The first-order valence-electron chi connectivity index (χ1n) is 6.10. The third-order valence-electron chi connectivity index (χ3n) is 2.63. The van der Waals surface area contributed by atoms with Crippen LogP contribution < -0.4 is 4.90 Å². The van der Waals surface area contributed by atoms with Crippen molar-refractivity contribution in [3.8, 4) is 6.07 Å². The van der Waals surface area contributed by atoms with E-state index in [0.29, 0.717) is 11.5 Å². The second-order valence-corrected chi connectivity index (χ2v) is 4.84.